The van der Waals surface area contributed by atoms with E-state index in [1.54, 1.807) is 0 Å². The van der Waals surface area contributed by atoms with E-state index in [0.717, 1.165) is 24.3 Å². The molecule has 1 N–H and O–H groups in total. The van der Waals surface area contributed by atoms with Crippen LogP contribution in [0.2, 0.25) is 0 Å². The van der Waals surface area contributed by atoms with Crippen molar-refractivity contribution >= 4 is 11.7 Å². The number of methoxy groups -OCH3 is 1. The van der Waals surface area contributed by atoms with Gasteiger partial charge < -0.3 is 14.8 Å². The first kappa shape index (κ1) is 12.7. The van der Waals surface area contributed by atoms with Gasteiger partial charge in [0.25, 0.3) is 0 Å². The molecule has 0 heterocycles. The van der Waals surface area contributed by atoms with Gasteiger partial charge in [-0.2, -0.15) is 0 Å². The minimum atomic E-state index is -0.325. The summed E-state index contributed by atoms with van der Waals surface area (Å²) < 4.78 is 10.4. The van der Waals surface area contributed by atoms with Crippen molar-refractivity contribution < 1.29 is 14.3 Å². The molecule has 0 saturated heterocycles. The number of hydrogen-bond acceptors (Lipinski definition) is 4. The van der Waals surface area contributed by atoms with E-state index in [-0.39, 0.29) is 11.4 Å². The first-order valence-electron chi connectivity index (χ1n) is 6.26. The molecule has 0 unspecified atom stereocenters. The van der Waals surface area contributed by atoms with Gasteiger partial charge in [0.15, 0.2) is 0 Å². The lowest BCUT2D eigenvalue weighted by atomic mass is 10.1. The summed E-state index contributed by atoms with van der Waals surface area (Å²) in [6, 6.07) is 7.76. The molecule has 18 heavy (non-hydrogen) atoms. The van der Waals surface area contributed by atoms with Crippen molar-refractivity contribution in [3.8, 4) is 5.75 Å². The zero-order valence-corrected chi connectivity index (χ0v) is 10.9. The van der Waals surface area contributed by atoms with Crippen LogP contribution in [-0.2, 0) is 9.53 Å². The third-order valence-corrected chi connectivity index (χ3v) is 3.28. The predicted molar refractivity (Wildman–Crippen MR) is 69.8 cm³/mol. The molecule has 98 valence electrons. The molecule has 0 radical (unpaired) electrons. The van der Waals surface area contributed by atoms with Crippen LogP contribution in [-0.4, -0.2) is 26.2 Å². The molecule has 0 bridgehead atoms. The Morgan fingerprint density at radius 3 is 2.72 bits per heavy atom. The molecular weight excluding hydrogens is 230 g/mol. The SMILES string of the molecule is CCOc1ccccc1NCC1(C(=O)OC)CC1. The van der Waals surface area contributed by atoms with E-state index >= 15 is 0 Å². The number of para-hydroxylation sites is 2. The molecule has 4 nitrogen and oxygen atoms in total. The summed E-state index contributed by atoms with van der Waals surface area (Å²) in [6.07, 6.45) is 1.78. The highest BCUT2D eigenvalue weighted by Gasteiger charge is 2.50. The van der Waals surface area contributed by atoms with Crippen LogP contribution in [0.3, 0.4) is 0 Å². The molecule has 1 aliphatic rings. The molecule has 0 aliphatic heterocycles. The molecule has 0 spiro atoms. The largest absolute Gasteiger partial charge is 0.492 e. The van der Waals surface area contributed by atoms with Gasteiger partial charge in [0.2, 0.25) is 0 Å². The van der Waals surface area contributed by atoms with E-state index in [4.69, 9.17) is 9.47 Å². The summed E-state index contributed by atoms with van der Waals surface area (Å²) in [7, 11) is 1.44. The zero-order valence-electron chi connectivity index (χ0n) is 10.9. The molecule has 1 fully saturated rings. The van der Waals surface area contributed by atoms with Gasteiger partial charge in [-0.3, -0.25) is 4.79 Å². The number of rotatable bonds is 6. The summed E-state index contributed by atoms with van der Waals surface area (Å²) in [5, 5.41) is 3.29. The Balaban J connectivity index is 2.00. The van der Waals surface area contributed by atoms with Crippen molar-refractivity contribution in [3.63, 3.8) is 0 Å². The third-order valence-electron chi connectivity index (χ3n) is 3.28. The molecule has 1 aromatic carbocycles. The van der Waals surface area contributed by atoms with Crippen molar-refractivity contribution in [2.45, 2.75) is 19.8 Å². The standard InChI is InChI=1S/C14H19NO3/c1-3-18-12-7-5-4-6-11(12)15-10-14(8-9-14)13(16)17-2/h4-7,15H,3,8-10H2,1-2H3. The van der Waals surface area contributed by atoms with Crippen molar-refractivity contribution in [3.05, 3.63) is 24.3 Å². The summed E-state index contributed by atoms with van der Waals surface area (Å²) in [6.45, 7) is 3.18. The van der Waals surface area contributed by atoms with Gasteiger partial charge in [-0.1, -0.05) is 12.1 Å². The second kappa shape index (κ2) is 5.29. The van der Waals surface area contributed by atoms with E-state index in [0.29, 0.717) is 13.2 Å². The fourth-order valence-corrected chi connectivity index (χ4v) is 1.98. The average molecular weight is 249 g/mol. The minimum Gasteiger partial charge on any atom is -0.492 e. The van der Waals surface area contributed by atoms with E-state index < -0.39 is 0 Å². The third kappa shape index (κ3) is 2.58. The fraction of sp³-hybridized carbons (Fsp3) is 0.500. The molecule has 1 saturated carbocycles. The van der Waals surface area contributed by atoms with Gasteiger partial charge in [-0.05, 0) is 31.9 Å². The van der Waals surface area contributed by atoms with Crippen LogP contribution >= 0.6 is 0 Å². The second-order valence-corrected chi connectivity index (χ2v) is 4.55. The number of benzene rings is 1. The van der Waals surface area contributed by atoms with Gasteiger partial charge in [0, 0.05) is 6.54 Å². The van der Waals surface area contributed by atoms with Crippen molar-refractivity contribution in [1.29, 1.82) is 0 Å². The van der Waals surface area contributed by atoms with Crippen molar-refractivity contribution in [1.82, 2.24) is 0 Å². The van der Waals surface area contributed by atoms with Crippen LogP contribution in [0.25, 0.3) is 0 Å². The molecule has 4 heteroatoms. The monoisotopic (exact) mass is 249 g/mol. The molecule has 0 aromatic heterocycles. The van der Waals surface area contributed by atoms with E-state index in [2.05, 4.69) is 5.32 Å². The number of anilines is 1. The van der Waals surface area contributed by atoms with Crippen LogP contribution in [0.1, 0.15) is 19.8 Å². The van der Waals surface area contributed by atoms with Crippen LogP contribution in [0, 0.1) is 5.41 Å². The lowest BCUT2D eigenvalue weighted by molar-refractivity contribution is -0.146. The molecule has 1 aliphatic carbocycles. The fourth-order valence-electron chi connectivity index (χ4n) is 1.98. The molecule has 0 atom stereocenters. The second-order valence-electron chi connectivity index (χ2n) is 4.55. The first-order valence-corrected chi connectivity index (χ1v) is 6.26. The molecule has 1 aromatic rings. The number of ether oxygens (including phenoxy) is 2. The minimum absolute atomic E-state index is 0.121. The number of carbonyl (C=O) groups is 1. The van der Waals surface area contributed by atoms with Gasteiger partial charge in [-0.15, -0.1) is 0 Å². The highest BCUT2D eigenvalue weighted by Crippen LogP contribution is 2.47. The first-order chi connectivity index (χ1) is 8.72. The number of nitrogens with one attached hydrogen (secondary N) is 1. The van der Waals surface area contributed by atoms with Crippen LogP contribution < -0.4 is 10.1 Å². The van der Waals surface area contributed by atoms with E-state index in [1.807, 2.05) is 31.2 Å². The van der Waals surface area contributed by atoms with Crippen molar-refractivity contribution in [2.24, 2.45) is 5.41 Å². The van der Waals surface area contributed by atoms with Gasteiger partial charge in [-0.25, -0.2) is 0 Å². The predicted octanol–water partition coefficient (Wildman–Crippen LogP) is 2.45. The Morgan fingerprint density at radius 2 is 2.11 bits per heavy atom. The molecule has 2 rings (SSSR count). The number of carbonyl (C=O) groups excluding carboxylic acids is 1. The maximum Gasteiger partial charge on any atom is 0.313 e. The zero-order chi connectivity index (χ0) is 13.0. The van der Waals surface area contributed by atoms with Crippen LogP contribution in [0.15, 0.2) is 24.3 Å². The van der Waals surface area contributed by atoms with Crippen LogP contribution in [0.5, 0.6) is 5.75 Å². The van der Waals surface area contributed by atoms with Gasteiger partial charge in [0.1, 0.15) is 5.75 Å². The quantitative estimate of drug-likeness (QED) is 0.787. The Bertz CT molecular complexity index is 427. The van der Waals surface area contributed by atoms with Gasteiger partial charge >= 0.3 is 5.97 Å². The smallest absolute Gasteiger partial charge is 0.313 e. The van der Waals surface area contributed by atoms with Gasteiger partial charge in [0.05, 0.1) is 24.8 Å². The van der Waals surface area contributed by atoms with E-state index in [1.165, 1.54) is 7.11 Å². The number of hydrogen-bond donors (Lipinski definition) is 1. The molecular formula is C14H19NO3. The Labute approximate surface area is 107 Å². The lowest BCUT2D eigenvalue weighted by Gasteiger charge is -2.16. The summed E-state index contributed by atoms with van der Waals surface area (Å²) in [4.78, 5) is 11.6. The average Bonchev–Trinajstić information content (AvgIpc) is 3.18. The Morgan fingerprint density at radius 1 is 1.39 bits per heavy atom. The highest BCUT2D eigenvalue weighted by atomic mass is 16.5. The van der Waals surface area contributed by atoms with Crippen molar-refractivity contribution in [2.75, 3.05) is 25.6 Å². The van der Waals surface area contributed by atoms with E-state index in [9.17, 15) is 4.79 Å². The molecule has 0 amide bonds. The number of esters is 1. The topological polar surface area (TPSA) is 47.6 Å². The summed E-state index contributed by atoms with van der Waals surface area (Å²) in [5.74, 6) is 0.699. The Hall–Kier alpha value is -1.71. The summed E-state index contributed by atoms with van der Waals surface area (Å²) >= 11 is 0. The van der Waals surface area contributed by atoms with Crippen LogP contribution in [0.4, 0.5) is 5.69 Å². The summed E-state index contributed by atoms with van der Waals surface area (Å²) in [5.41, 5.74) is 0.600. The maximum atomic E-state index is 11.6. The lowest BCUT2D eigenvalue weighted by Crippen LogP contribution is -2.26. The highest BCUT2D eigenvalue weighted by molar-refractivity contribution is 5.80. The normalized spacial score (nSPS) is 15.9. The Kier molecular flexibility index (Phi) is 3.75. The maximum absolute atomic E-state index is 11.6.